The molecule has 8 nitrogen and oxygen atoms in total. The van der Waals surface area contributed by atoms with Gasteiger partial charge < -0.3 is 20.3 Å². The lowest BCUT2D eigenvalue weighted by Gasteiger charge is -2.28. The lowest BCUT2D eigenvalue weighted by molar-refractivity contribution is 0.0635. The van der Waals surface area contributed by atoms with Crippen molar-refractivity contribution in [1.29, 1.82) is 0 Å². The molecule has 36 heavy (non-hydrogen) atoms. The van der Waals surface area contributed by atoms with E-state index in [1.807, 2.05) is 6.07 Å². The molecule has 2 heterocycles. The number of hydrogen-bond donors (Lipinski definition) is 3. The number of nitrogens with zero attached hydrogens (tertiary/aromatic N) is 2. The third kappa shape index (κ3) is 6.37. The van der Waals surface area contributed by atoms with Crippen molar-refractivity contribution >= 4 is 29.2 Å². The van der Waals surface area contributed by atoms with Gasteiger partial charge in [-0.3, -0.25) is 10.1 Å². The van der Waals surface area contributed by atoms with Gasteiger partial charge in [-0.25, -0.2) is 14.2 Å². The number of pyridine rings is 1. The summed E-state index contributed by atoms with van der Waals surface area (Å²) in [4.78, 5) is 32.1. The van der Waals surface area contributed by atoms with Gasteiger partial charge in [-0.15, -0.1) is 0 Å². The van der Waals surface area contributed by atoms with Gasteiger partial charge in [-0.05, 0) is 56.7 Å². The van der Waals surface area contributed by atoms with E-state index >= 15 is 0 Å². The first-order chi connectivity index (χ1) is 17.2. The van der Waals surface area contributed by atoms with Crippen LogP contribution in [0.4, 0.5) is 26.4 Å². The Hall–Kier alpha value is -3.98. The molecule has 9 heteroatoms. The van der Waals surface area contributed by atoms with Crippen LogP contribution in [0, 0.1) is 5.82 Å². The lowest BCUT2D eigenvalue weighted by Crippen LogP contribution is -2.43. The number of ether oxygens (including phenoxy) is 1. The molecule has 1 aliphatic rings. The Kier molecular flexibility index (Phi) is 7.49. The third-order valence-electron chi connectivity index (χ3n) is 5.54. The topological polar surface area (TPSA) is 95.6 Å². The van der Waals surface area contributed by atoms with E-state index in [-0.39, 0.29) is 0 Å². The van der Waals surface area contributed by atoms with Crippen LogP contribution >= 0.6 is 0 Å². The number of amides is 2. The maximum Gasteiger partial charge on any atom is 0.412 e. The van der Waals surface area contributed by atoms with Gasteiger partial charge in [0.1, 0.15) is 17.2 Å². The van der Waals surface area contributed by atoms with E-state index in [1.54, 1.807) is 63.2 Å². The smallest absolute Gasteiger partial charge is 0.412 e. The Labute approximate surface area is 209 Å². The maximum atomic E-state index is 14.4. The first-order valence-electron chi connectivity index (χ1n) is 11.8. The Morgan fingerprint density at radius 3 is 2.42 bits per heavy atom. The highest BCUT2D eigenvalue weighted by molar-refractivity contribution is 6.07. The molecular formula is C27H30FN5O3. The molecule has 2 aromatic carbocycles. The Morgan fingerprint density at radius 2 is 1.75 bits per heavy atom. The number of halogens is 1. The number of anilines is 3. The van der Waals surface area contributed by atoms with E-state index in [0.29, 0.717) is 28.1 Å². The van der Waals surface area contributed by atoms with Crippen LogP contribution in [0.2, 0.25) is 0 Å². The summed E-state index contributed by atoms with van der Waals surface area (Å²) < 4.78 is 19.8. The number of carbonyl (C=O) groups is 2. The molecule has 2 amide bonds. The zero-order valence-electron chi connectivity index (χ0n) is 20.6. The fourth-order valence-electron chi connectivity index (χ4n) is 3.83. The molecule has 3 N–H and O–H groups in total. The van der Waals surface area contributed by atoms with Crippen molar-refractivity contribution < 1.29 is 18.7 Å². The summed E-state index contributed by atoms with van der Waals surface area (Å²) in [7, 11) is 0. The van der Waals surface area contributed by atoms with Gasteiger partial charge in [-0.2, -0.15) is 0 Å². The summed E-state index contributed by atoms with van der Waals surface area (Å²) >= 11 is 0. The fourth-order valence-corrected chi connectivity index (χ4v) is 3.83. The third-order valence-corrected chi connectivity index (χ3v) is 5.54. The minimum absolute atomic E-state index is 0.304. The van der Waals surface area contributed by atoms with Gasteiger partial charge in [0.05, 0.1) is 16.9 Å². The zero-order chi connectivity index (χ0) is 25.7. The highest BCUT2D eigenvalue weighted by Crippen LogP contribution is 2.31. The van der Waals surface area contributed by atoms with Crippen molar-refractivity contribution in [3.63, 3.8) is 0 Å². The number of hydrogen-bond acceptors (Lipinski definition) is 6. The normalized spacial score (nSPS) is 13.7. The van der Waals surface area contributed by atoms with Crippen LogP contribution < -0.4 is 20.9 Å². The molecule has 0 radical (unpaired) electrons. The molecule has 0 unspecified atom stereocenters. The number of benzene rings is 2. The molecule has 0 aliphatic carbocycles. The summed E-state index contributed by atoms with van der Waals surface area (Å²) in [6, 6.07) is 14.8. The molecule has 1 saturated heterocycles. The molecule has 0 spiro atoms. The van der Waals surface area contributed by atoms with Crippen molar-refractivity contribution in [2.75, 3.05) is 41.7 Å². The second-order valence-electron chi connectivity index (χ2n) is 9.46. The van der Waals surface area contributed by atoms with Crippen molar-refractivity contribution in [3.8, 4) is 11.1 Å². The largest absolute Gasteiger partial charge is 0.444 e. The maximum absolute atomic E-state index is 14.4. The molecule has 1 fully saturated rings. The van der Waals surface area contributed by atoms with E-state index in [4.69, 9.17) is 4.74 Å². The Morgan fingerprint density at radius 1 is 1.00 bits per heavy atom. The molecule has 0 saturated carbocycles. The van der Waals surface area contributed by atoms with Gasteiger partial charge >= 0.3 is 6.09 Å². The minimum atomic E-state index is -0.696. The van der Waals surface area contributed by atoms with Crippen LogP contribution in [0.15, 0.2) is 60.8 Å². The van der Waals surface area contributed by atoms with E-state index in [2.05, 4.69) is 25.8 Å². The Bertz CT molecular complexity index is 1230. The molecule has 188 valence electrons. The molecule has 4 rings (SSSR count). The van der Waals surface area contributed by atoms with Crippen molar-refractivity contribution in [2.45, 2.75) is 26.4 Å². The monoisotopic (exact) mass is 491 g/mol. The van der Waals surface area contributed by atoms with Crippen LogP contribution in [-0.4, -0.2) is 48.8 Å². The summed E-state index contributed by atoms with van der Waals surface area (Å²) in [5, 5.41) is 8.80. The second-order valence-corrected chi connectivity index (χ2v) is 9.46. The summed E-state index contributed by atoms with van der Waals surface area (Å²) in [6.45, 7) is 8.74. The molecule has 0 atom stereocenters. The summed E-state index contributed by atoms with van der Waals surface area (Å²) in [5.41, 5.74) is 1.21. The first-order valence-corrected chi connectivity index (χ1v) is 11.8. The number of rotatable bonds is 5. The van der Waals surface area contributed by atoms with E-state index in [1.165, 1.54) is 12.3 Å². The van der Waals surface area contributed by atoms with Crippen molar-refractivity contribution in [2.24, 2.45) is 0 Å². The lowest BCUT2D eigenvalue weighted by atomic mass is 10.0. The highest BCUT2D eigenvalue weighted by atomic mass is 19.1. The van der Waals surface area contributed by atoms with E-state index in [0.717, 1.165) is 32.0 Å². The van der Waals surface area contributed by atoms with Crippen molar-refractivity contribution in [3.05, 3.63) is 72.2 Å². The first kappa shape index (κ1) is 25.1. The highest BCUT2D eigenvalue weighted by Gasteiger charge is 2.19. The van der Waals surface area contributed by atoms with Gasteiger partial charge in [0, 0.05) is 37.9 Å². The molecule has 1 aromatic heterocycles. The van der Waals surface area contributed by atoms with E-state index in [9.17, 15) is 14.0 Å². The van der Waals surface area contributed by atoms with Crippen LogP contribution in [-0.2, 0) is 4.74 Å². The van der Waals surface area contributed by atoms with Crippen LogP contribution in [0.1, 0.15) is 31.1 Å². The molecule has 1 aliphatic heterocycles. The predicted molar refractivity (Wildman–Crippen MR) is 139 cm³/mol. The van der Waals surface area contributed by atoms with Crippen LogP contribution in [0.3, 0.4) is 0 Å². The molecule has 0 bridgehead atoms. The standard InChI is InChI=1S/C27H30FN5O3/c1-27(2,3)36-26(35)32-22-10-8-18(20-6-4-5-7-21(20)28)16-23(22)31-25(34)19-9-11-24(30-17-19)33-14-12-29-13-15-33/h4-11,16-17,29H,12-15H2,1-3H3,(H,31,34)(H,32,35). The number of nitrogens with one attached hydrogen (secondary N) is 3. The quantitative estimate of drug-likeness (QED) is 0.470. The predicted octanol–water partition coefficient (Wildman–Crippen LogP) is 4.90. The summed E-state index contributed by atoms with van der Waals surface area (Å²) in [5.74, 6) is 0.00416. The average molecular weight is 492 g/mol. The Balaban J connectivity index is 1.59. The van der Waals surface area contributed by atoms with E-state index < -0.39 is 23.4 Å². The van der Waals surface area contributed by atoms with Gasteiger partial charge in [0.25, 0.3) is 5.91 Å². The molecular weight excluding hydrogens is 461 g/mol. The SMILES string of the molecule is CC(C)(C)OC(=O)Nc1ccc(-c2ccccc2F)cc1NC(=O)c1ccc(N2CCNCC2)nc1. The summed E-state index contributed by atoms with van der Waals surface area (Å²) in [6.07, 6.45) is 0.854. The fraction of sp³-hybridized carbons (Fsp3) is 0.296. The minimum Gasteiger partial charge on any atom is -0.444 e. The zero-order valence-corrected chi connectivity index (χ0v) is 20.6. The number of piperazine rings is 1. The average Bonchev–Trinajstić information content (AvgIpc) is 2.85. The number of carbonyl (C=O) groups excluding carboxylic acids is 2. The molecule has 3 aromatic rings. The number of aromatic nitrogens is 1. The second kappa shape index (κ2) is 10.7. The van der Waals surface area contributed by atoms with Crippen LogP contribution in [0.25, 0.3) is 11.1 Å². The van der Waals surface area contributed by atoms with Gasteiger partial charge in [-0.1, -0.05) is 24.3 Å². The van der Waals surface area contributed by atoms with Crippen LogP contribution in [0.5, 0.6) is 0 Å². The van der Waals surface area contributed by atoms with Gasteiger partial charge in [0.15, 0.2) is 0 Å². The van der Waals surface area contributed by atoms with Crippen molar-refractivity contribution in [1.82, 2.24) is 10.3 Å². The van der Waals surface area contributed by atoms with Gasteiger partial charge in [0.2, 0.25) is 0 Å².